The molecule has 6 nitrogen and oxygen atoms in total. The lowest BCUT2D eigenvalue weighted by atomic mass is 9.95. The Balaban J connectivity index is 1.61. The monoisotopic (exact) mass is 444 g/mol. The number of ether oxygens (including phenoxy) is 1. The summed E-state index contributed by atoms with van der Waals surface area (Å²) in [5.41, 5.74) is 3.55. The molecule has 0 unspecified atom stereocenters. The minimum absolute atomic E-state index is 0.00609. The van der Waals surface area contributed by atoms with Crippen molar-refractivity contribution < 1.29 is 17.9 Å². The maximum absolute atomic E-state index is 12.9. The molecule has 1 fully saturated rings. The van der Waals surface area contributed by atoms with E-state index in [4.69, 9.17) is 4.74 Å². The van der Waals surface area contributed by atoms with Crippen LogP contribution in [0.15, 0.2) is 47.4 Å². The first-order chi connectivity index (χ1) is 14.8. The van der Waals surface area contributed by atoms with Crippen LogP contribution in [0, 0.1) is 19.8 Å². The van der Waals surface area contributed by atoms with E-state index >= 15 is 0 Å². The van der Waals surface area contributed by atoms with Gasteiger partial charge in [0, 0.05) is 19.0 Å². The molecule has 1 heterocycles. The summed E-state index contributed by atoms with van der Waals surface area (Å²) in [5.74, 6) is 0.443. The molecule has 0 spiro atoms. The predicted molar refractivity (Wildman–Crippen MR) is 122 cm³/mol. The fraction of sp³-hybridized carbons (Fsp3) is 0.458. The predicted octanol–water partition coefficient (Wildman–Crippen LogP) is 3.98. The van der Waals surface area contributed by atoms with Crippen LogP contribution >= 0.6 is 0 Å². The summed E-state index contributed by atoms with van der Waals surface area (Å²) < 4.78 is 32.4. The molecule has 31 heavy (non-hydrogen) atoms. The van der Waals surface area contributed by atoms with Crippen molar-refractivity contribution in [2.75, 3.05) is 20.2 Å². The van der Waals surface area contributed by atoms with Gasteiger partial charge in [-0.05, 0) is 74.1 Å². The highest BCUT2D eigenvalue weighted by Gasteiger charge is 2.32. The summed E-state index contributed by atoms with van der Waals surface area (Å²) in [6.45, 7) is 6.89. The molecule has 0 aromatic heterocycles. The number of hydrogen-bond donors (Lipinski definition) is 1. The third-order valence-corrected chi connectivity index (χ3v) is 8.09. The number of carbonyl (C=O) groups excluding carboxylic acids is 1. The van der Waals surface area contributed by atoms with Crippen LogP contribution in [0.4, 0.5) is 0 Å². The Bertz CT molecular complexity index is 1010. The van der Waals surface area contributed by atoms with Crippen LogP contribution in [0.1, 0.15) is 48.9 Å². The van der Waals surface area contributed by atoms with Crippen LogP contribution in [0.25, 0.3) is 0 Å². The van der Waals surface area contributed by atoms with Gasteiger partial charge in [0.1, 0.15) is 5.75 Å². The Hall–Kier alpha value is -2.38. The van der Waals surface area contributed by atoms with Crippen LogP contribution in [0.3, 0.4) is 0 Å². The fourth-order valence-corrected chi connectivity index (χ4v) is 5.42. The minimum atomic E-state index is -3.57. The van der Waals surface area contributed by atoms with Crippen LogP contribution in [0.5, 0.6) is 5.75 Å². The molecule has 0 saturated carbocycles. The van der Waals surface area contributed by atoms with E-state index in [0.717, 1.165) is 12.0 Å². The van der Waals surface area contributed by atoms with Crippen molar-refractivity contribution in [2.45, 2.75) is 51.0 Å². The Morgan fingerprint density at radius 1 is 1.10 bits per heavy atom. The van der Waals surface area contributed by atoms with Gasteiger partial charge in [0.05, 0.1) is 18.0 Å². The van der Waals surface area contributed by atoms with Crippen molar-refractivity contribution in [1.82, 2.24) is 9.62 Å². The standard InChI is InChI=1S/C24H32N2O4S/c1-5-23(20-7-6-17(2)18(3)16-20)25-24(27)19-12-14-26(15-13-19)31(28,29)22-10-8-21(30-4)9-11-22/h6-11,16,19,23H,5,12-15H2,1-4H3,(H,25,27)/t23-/m1/s1. The molecule has 0 radical (unpaired) electrons. The number of nitrogens with zero attached hydrogens (tertiary/aromatic N) is 1. The van der Waals surface area contributed by atoms with Gasteiger partial charge in [0.15, 0.2) is 0 Å². The first-order valence-electron chi connectivity index (χ1n) is 10.8. The van der Waals surface area contributed by atoms with Gasteiger partial charge in [-0.3, -0.25) is 4.79 Å². The topological polar surface area (TPSA) is 75.7 Å². The van der Waals surface area contributed by atoms with Gasteiger partial charge in [0.2, 0.25) is 15.9 Å². The third-order valence-electron chi connectivity index (χ3n) is 6.18. The molecule has 1 aliphatic rings. The number of amides is 1. The van der Waals surface area contributed by atoms with Crippen molar-refractivity contribution in [3.05, 3.63) is 59.2 Å². The number of hydrogen-bond acceptors (Lipinski definition) is 4. The van der Waals surface area contributed by atoms with Crippen molar-refractivity contribution in [3.63, 3.8) is 0 Å². The highest BCUT2D eigenvalue weighted by molar-refractivity contribution is 7.89. The summed E-state index contributed by atoms with van der Waals surface area (Å²) in [6, 6.07) is 12.7. The molecule has 168 valence electrons. The Morgan fingerprint density at radius 2 is 1.74 bits per heavy atom. The molecule has 1 N–H and O–H groups in total. The molecule has 1 atom stereocenters. The lowest BCUT2D eigenvalue weighted by Gasteiger charge is -2.31. The molecule has 3 rings (SSSR count). The zero-order valence-corrected chi connectivity index (χ0v) is 19.5. The van der Waals surface area contributed by atoms with Gasteiger partial charge in [0.25, 0.3) is 0 Å². The molecular weight excluding hydrogens is 412 g/mol. The Morgan fingerprint density at radius 3 is 2.29 bits per heavy atom. The lowest BCUT2D eigenvalue weighted by Crippen LogP contribution is -2.43. The molecule has 2 aromatic rings. The normalized spacial score (nSPS) is 16.6. The van der Waals surface area contributed by atoms with Gasteiger partial charge in [-0.15, -0.1) is 0 Å². The van der Waals surface area contributed by atoms with Crippen molar-refractivity contribution in [2.24, 2.45) is 5.92 Å². The molecule has 0 aliphatic carbocycles. The Labute approximate surface area is 185 Å². The van der Waals surface area contributed by atoms with E-state index < -0.39 is 10.0 Å². The summed E-state index contributed by atoms with van der Waals surface area (Å²) in [6.07, 6.45) is 1.84. The van der Waals surface area contributed by atoms with E-state index in [1.165, 1.54) is 15.4 Å². The number of benzene rings is 2. The molecule has 1 amide bonds. The van der Waals surface area contributed by atoms with Crippen LogP contribution < -0.4 is 10.1 Å². The van der Waals surface area contributed by atoms with E-state index in [1.54, 1.807) is 31.4 Å². The van der Waals surface area contributed by atoms with Crippen LogP contribution in [-0.2, 0) is 14.8 Å². The first-order valence-corrected chi connectivity index (χ1v) is 12.2. The molecular formula is C24H32N2O4S. The second kappa shape index (κ2) is 9.83. The van der Waals surface area contributed by atoms with Crippen molar-refractivity contribution in [1.29, 1.82) is 0 Å². The largest absolute Gasteiger partial charge is 0.497 e. The molecule has 1 saturated heterocycles. The van der Waals surface area contributed by atoms with E-state index in [1.807, 2.05) is 0 Å². The van der Waals surface area contributed by atoms with E-state index in [-0.39, 0.29) is 22.8 Å². The van der Waals surface area contributed by atoms with E-state index in [9.17, 15) is 13.2 Å². The van der Waals surface area contributed by atoms with Gasteiger partial charge >= 0.3 is 0 Å². The number of carbonyl (C=O) groups is 1. The number of rotatable bonds is 7. The smallest absolute Gasteiger partial charge is 0.243 e. The van der Waals surface area contributed by atoms with Gasteiger partial charge in [-0.2, -0.15) is 4.31 Å². The first kappa shape index (κ1) is 23.3. The number of methoxy groups -OCH3 is 1. The fourth-order valence-electron chi connectivity index (χ4n) is 3.95. The molecule has 2 aromatic carbocycles. The highest BCUT2D eigenvalue weighted by atomic mass is 32.2. The second-order valence-electron chi connectivity index (χ2n) is 8.17. The highest BCUT2D eigenvalue weighted by Crippen LogP contribution is 2.27. The second-order valence-corrected chi connectivity index (χ2v) is 10.1. The van der Waals surface area contributed by atoms with E-state index in [2.05, 4.69) is 44.3 Å². The number of sulfonamides is 1. The maximum atomic E-state index is 12.9. The van der Waals surface area contributed by atoms with Crippen molar-refractivity contribution >= 4 is 15.9 Å². The van der Waals surface area contributed by atoms with Gasteiger partial charge in [-0.25, -0.2) is 8.42 Å². The quantitative estimate of drug-likeness (QED) is 0.701. The number of aryl methyl sites for hydroxylation is 2. The molecule has 1 aliphatic heterocycles. The lowest BCUT2D eigenvalue weighted by molar-refractivity contribution is -0.126. The van der Waals surface area contributed by atoms with Crippen molar-refractivity contribution in [3.8, 4) is 5.75 Å². The zero-order valence-electron chi connectivity index (χ0n) is 18.7. The summed E-state index contributed by atoms with van der Waals surface area (Å²) >= 11 is 0. The number of nitrogens with one attached hydrogen (secondary N) is 1. The average molecular weight is 445 g/mol. The molecule has 7 heteroatoms. The summed E-state index contributed by atoms with van der Waals surface area (Å²) in [7, 11) is -2.03. The zero-order chi connectivity index (χ0) is 22.6. The average Bonchev–Trinajstić information content (AvgIpc) is 2.79. The van der Waals surface area contributed by atoms with Gasteiger partial charge < -0.3 is 10.1 Å². The summed E-state index contributed by atoms with van der Waals surface area (Å²) in [4.78, 5) is 13.1. The number of piperidine rings is 1. The minimum Gasteiger partial charge on any atom is -0.497 e. The van der Waals surface area contributed by atoms with E-state index in [0.29, 0.717) is 31.7 Å². The van der Waals surface area contributed by atoms with Crippen LogP contribution in [0.2, 0.25) is 0 Å². The molecule has 0 bridgehead atoms. The summed E-state index contributed by atoms with van der Waals surface area (Å²) in [5, 5.41) is 3.18. The SMILES string of the molecule is CC[C@@H](NC(=O)C1CCN(S(=O)(=O)c2ccc(OC)cc2)CC1)c1ccc(C)c(C)c1. The van der Waals surface area contributed by atoms with Gasteiger partial charge in [-0.1, -0.05) is 25.1 Å². The third kappa shape index (κ3) is 5.28. The van der Waals surface area contributed by atoms with Crippen LogP contribution in [-0.4, -0.2) is 38.8 Å². The maximum Gasteiger partial charge on any atom is 0.243 e. The Kier molecular flexibility index (Phi) is 7.38.